The predicted molar refractivity (Wildman–Crippen MR) is 74.3 cm³/mol. The first-order chi connectivity index (χ1) is 9.19. The smallest absolute Gasteiger partial charge is 0.224 e. The van der Waals surface area contributed by atoms with Crippen LogP contribution in [0.4, 0.5) is 0 Å². The minimum Gasteiger partial charge on any atom is -0.353 e. The molecule has 1 saturated carbocycles. The average molecular weight is 263 g/mol. The van der Waals surface area contributed by atoms with Crippen LogP contribution in [0.5, 0.6) is 0 Å². The third-order valence-corrected chi connectivity index (χ3v) is 4.57. The van der Waals surface area contributed by atoms with Gasteiger partial charge in [0, 0.05) is 19.0 Å². The number of nitrogens with one attached hydrogen (secondary N) is 1. The van der Waals surface area contributed by atoms with Crippen molar-refractivity contribution in [2.45, 2.75) is 51.0 Å². The van der Waals surface area contributed by atoms with Gasteiger partial charge in [0.05, 0.1) is 12.0 Å². The molecule has 106 valence electrons. The van der Waals surface area contributed by atoms with Gasteiger partial charge in [0.1, 0.15) is 0 Å². The molecule has 0 aromatic rings. The van der Waals surface area contributed by atoms with E-state index >= 15 is 0 Å². The van der Waals surface area contributed by atoms with Crippen LogP contribution in [0.25, 0.3) is 0 Å². The number of carbonyl (C=O) groups is 1. The van der Waals surface area contributed by atoms with Gasteiger partial charge >= 0.3 is 0 Å². The van der Waals surface area contributed by atoms with Crippen molar-refractivity contribution in [2.24, 2.45) is 11.8 Å². The van der Waals surface area contributed by atoms with Gasteiger partial charge in [0.2, 0.25) is 5.91 Å². The van der Waals surface area contributed by atoms with E-state index in [4.69, 9.17) is 5.26 Å². The van der Waals surface area contributed by atoms with Gasteiger partial charge in [-0.3, -0.25) is 4.79 Å². The second kappa shape index (κ2) is 6.91. The monoisotopic (exact) mass is 263 g/mol. The fourth-order valence-electron chi connectivity index (χ4n) is 3.34. The van der Waals surface area contributed by atoms with E-state index in [1.807, 2.05) is 0 Å². The maximum absolute atomic E-state index is 12.2. The van der Waals surface area contributed by atoms with Gasteiger partial charge in [-0.2, -0.15) is 5.26 Å². The lowest BCUT2D eigenvalue weighted by molar-refractivity contribution is -0.127. The van der Waals surface area contributed by atoms with Gasteiger partial charge in [-0.05, 0) is 58.0 Å². The van der Waals surface area contributed by atoms with Gasteiger partial charge < -0.3 is 10.2 Å². The Morgan fingerprint density at radius 2 is 2.05 bits per heavy atom. The van der Waals surface area contributed by atoms with Gasteiger partial charge in [0.25, 0.3) is 0 Å². The Kier molecular flexibility index (Phi) is 5.21. The lowest BCUT2D eigenvalue weighted by Crippen LogP contribution is -2.45. The highest BCUT2D eigenvalue weighted by Gasteiger charge is 2.27. The van der Waals surface area contributed by atoms with Crippen LogP contribution < -0.4 is 5.32 Å². The summed E-state index contributed by atoms with van der Waals surface area (Å²) in [7, 11) is 2.09. The van der Waals surface area contributed by atoms with E-state index in [0.29, 0.717) is 18.4 Å². The number of nitriles is 1. The number of hydrogen-bond donors (Lipinski definition) is 1. The second-order valence-electron chi connectivity index (χ2n) is 6.19. The summed E-state index contributed by atoms with van der Waals surface area (Å²) in [5, 5.41) is 11.9. The summed E-state index contributed by atoms with van der Waals surface area (Å²) < 4.78 is 0. The van der Waals surface area contributed by atoms with Crippen molar-refractivity contribution in [3.05, 3.63) is 0 Å². The lowest BCUT2D eigenvalue weighted by atomic mass is 9.84. The minimum absolute atomic E-state index is 0.176. The number of hydrogen-bond acceptors (Lipinski definition) is 3. The topological polar surface area (TPSA) is 56.1 Å². The quantitative estimate of drug-likeness (QED) is 0.846. The Labute approximate surface area is 116 Å². The van der Waals surface area contributed by atoms with Crippen LogP contribution in [0.15, 0.2) is 0 Å². The zero-order chi connectivity index (χ0) is 13.7. The standard InChI is InChI=1S/C15H25N3O/c1-18-10-2-3-13(11-18)15(19)17-14-6-4-12(5-7-14)8-9-16/h12-14H,2-8,10-11H2,1H3,(H,17,19). The van der Waals surface area contributed by atoms with Crippen LogP contribution in [0.2, 0.25) is 0 Å². The summed E-state index contributed by atoms with van der Waals surface area (Å²) in [4.78, 5) is 14.5. The third kappa shape index (κ3) is 4.21. The zero-order valence-corrected chi connectivity index (χ0v) is 11.9. The molecule has 2 fully saturated rings. The number of amides is 1. The first-order valence-electron chi connectivity index (χ1n) is 7.55. The summed E-state index contributed by atoms with van der Waals surface area (Å²) in [6.45, 7) is 2.01. The third-order valence-electron chi connectivity index (χ3n) is 4.57. The van der Waals surface area contributed by atoms with Gasteiger partial charge in [-0.25, -0.2) is 0 Å². The van der Waals surface area contributed by atoms with Crippen molar-refractivity contribution in [1.82, 2.24) is 10.2 Å². The average Bonchev–Trinajstić information content (AvgIpc) is 2.41. The molecule has 0 aromatic heterocycles. The van der Waals surface area contributed by atoms with E-state index < -0.39 is 0 Å². The normalized spacial score (nSPS) is 32.5. The number of nitrogens with zero attached hydrogens (tertiary/aromatic N) is 2. The van der Waals surface area contributed by atoms with Gasteiger partial charge in [-0.1, -0.05) is 0 Å². The van der Waals surface area contributed by atoms with Crippen LogP contribution >= 0.6 is 0 Å². The molecule has 0 radical (unpaired) electrons. The Balaban J connectivity index is 1.73. The molecule has 0 bridgehead atoms. The summed E-state index contributed by atoms with van der Waals surface area (Å²) in [5.74, 6) is 0.977. The minimum atomic E-state index is 0.176. The molecule has 1 heterocycles. The van der Waals surface area contributed by atoms with E-state index in [2.05, 4.69) is 23.3 Å². The van der Waals surface area contributed by atoms with E-state index in [1.165, 1.54) is 0 Å². The van der Waals surface area contributed by atoms with E-state index in [-0.39, 0.29) is 11.8 Å². The van der Waals surface area contributed by atoms with Crippen LogP contribution in [0.3, 0.4) is 0 Å². The van der Waals surface area contributed by atoms with Gasteiger partial charge in [0.15, 0.2) is 0 Å². The number of rotatable bonds is 3. The molecule has 0 aromatic carbocycles. The Hall–Kier alpha value is -1.08. The summed E-state index contributed by atoms with van der Waals surface area (Å²) in [5.41, 5.74) is 0. The fourth-order valence-corrected chi connectivity index (χ4v) is 3.34. The molecule has 1 atom stereocenters. The Morgan fingerprint density at radius 1 is 1.32 bits per heavy atom. The largest absolute Gasteiger partial charge is 0.353 e. The van der Waals surface area contributed by atoms with Crippen molar-refractivity contribution in [2.75, 3.05) is 20.1 Å². The molecule has 1 saturated heterocycles. The molecule has 1 amide bonds. The maximum Gasteiger partial charge on any atom is 0.224 e. The molecule has 1 unspecified atom stereocenters. The molecule has 4 nitrogen and oxygen atoms in total. The van der Waals surface area contributed by atoms with Crippen molar-refractivity contribution < 1.29 is 4.79 Å². The highest BCUT2D eigenvalue weighted by Crippen LogP contribution is 2.27. The molecule has 1 aliphatic carbocycles. The number of likely N-dealkylation sites (tertiary alicyclic amines) is 1. The highest BCUT2D eigenvalue weighted by atomic mass is 16.2. The summed E-state index contributed by atoms with van der Waals surface area (Å²) in [6.07, 6.45) is 7.09. The molecular formula is C15H25N3O. The van der Waals surface area contributed by atoms with Crippen LogP contribution in [0, 0.1) is 23.2 Å². The first-order valence-corrected chi connectivity index (χ1v) is 7.55. The summed E-state index contributed by atoms with van der Waals surface area (Å²) >= 11 is 0. The molecule has 2 aliphatic rings. The van der Waals surface area contributed by atoms with Crippen LogP contribution in [0.1, 0.15) is 44.9 Å². The first kappa shape index (κ1) is 14.3. The molecule has 0 spiro atoms. The lowest BCUT2D eigenvalue weighted by Gasteiger charge is -2.32. The van der Waals surface area contributed by atoms with Crippen LogP contribution in [-0.2, 0) is 4.79 Å². The Bertz CT molecular complexity index is 342. The van der Waals surface area contributed by atoms with E-state index in [1.54, 1.807) is 0 Å². The van der Waals surface area contributed by atoms with Crippen LogP contribution in [-0.4, -0.2) is 37.0 Å². The van der Waals surface area contributed by atoms with Crippen molar-refractivity contribution in [3.63, 3.8) is 0 Å². The molecule has 4 heteroatoms. The van der Waals surface area contributed by atoms with Crippen molar-refractivity contribution in [1.29, 1.82) is 5.26 Å². The fraction of sp³-hybridized carbons (Fsp3) is 0.867. The van der Waals surface area contributed by atoms with E-state index in [0.717, 1.165) is 51.6 Å². The predicted octanol–water partition coefficient (Wildman–Crippen LogP) is 1.92. The molecule has 19 heavy (non-hydrogen) atoms. The van der Waals surface area contributed by atoms with E-state index in [9.17, 15) is 4.79 Å². The Morgan fingerprint density at radius 3 is 2.68 bits per heavy atom. The molecule has 1 N–H and O–H groups in total. The molecule has 1 aliphatic heterocycles. The van der Waals surface area contributed by atoms with Gasteiger partial charge in [-0.15, -0.1) is 0 Å². The van der Waals surface area contributed by atoms with Crippen molar-refractivity contribution >= 4 is 5.91 Å². The number of carbonyl (C=O) groups excluding carboxylic acids is 1. The summed E-state index contributed by atoms with van der Waals surface area (Å²) in [6, 6.07) is 2.60. The number of piperidine rings is 1. The second-order valence-corrected chi connectivity index (χ2v) is 6.19. The molecular weight excluding hydrogens is 238 g/mol. The highest BCUT2D eigenvalue weighted by molar-refractivity contribution is 5.79. The molecule has 2 rings (SSSR count). The maximum atomic E-state index is 12.2. The SMILES string of the molecule is CN1CCCC(C(=O)NC2CCC(CC#N)CC2)C1. The van der Waals surface area contributed by atoms with Crippen molar-refractivity contribution in [3.8, 4) is 6.07 Å². The zero-order valence-electron chi connectivity index (χ0n) is 11.9.